The van der Waals surface area contributed by atoms with Crippen molar-refractivity contribution in [2.75, 3.05) is 6.54 Å². The third-order valence-electron chi connectivity index (χ3n) is 6.25. The number of nitrogens with one attached hydrogen (secondary N) is 1. The fraction of sp³-hybridized carbons (Fsp3) is 0.133. The number of carboxylic acids is 1. The second kappa shape index (κ2) is 13.5. The third-order valence-corrected chi connectivity index (χ3v) is 6.25. The zero-order chi connectivity index (χ0) is 30.1. The Hall–Kier alpha value is -5.78. The SMILES string of the molecule is O=C(O)CCNC(=O)OCc1cccc2c1Cc1ccccc1-2.O=[N+]([O-])c1ccc(Oc2ccc([N+](=O)[O-])cc2)cc1. The smallest absolute Gasteiger partial charge is 0.407 e. The highest BCUT2D eigenvalue weighted by Crippen LogP contribution is 2.38. The highest BCUT2D eigenvalue weighted by molar-refractivity contribution is 5.78. The molecule has 0 heterocycles. The number of fused-ring (bicyclic) bond motifs is 3. The predicted molar refractivity (Wildman–Crippen MR) is 151 cm³/mol. The van der Waals surface area contributed by atoms with E-state index in [1.807, 2.05) is 24.3 Å². The van der Waals surface area contributed by atoms with Crippen molar-refractivity contribution in [2.45, 2.75) is 19.4 Å². The topological polar surface area (TPSA) is 171 Å². The molecule has 0 aromatic heterocycles. The molecule has 0 bridgehead atoms. The van der Waals surface area contributed by atoms with E-state index in [-0.39, 0.29) is 30.9 Å². The van der Waals surface area contributed by atoms with E-state index < -0.39 is 21.9 Å². The van der Waals surface area contributed by atoms with Gasteiger partial charge in [0.05, 0.1) is 16.3 Å². The number of amides is 1. The summed E-state index contributed by atoms with van der Waals surface area (Å²) in [7, 11) is 0. The van der Waals surface area contributed by atoms with Crippen molar-refractivity contribution in [3.05, 3.63) is 128 Å². The maximum Gasteiger partial charge on any atom is 0.407 e. The summed E-state index contributed by atoms with van der Waals surface area (Å²) in [5.74, 6) is -0.122. The molecule has 0 spiro atoms. The van der Waals surface area contributed by atoms with E-state index in [2.05, 4.69) is 23.5 Å². The molecule has 0 aliphatic heterocycles. The molecule has 0 saturated heterocycles. The lowest BCUT2D eigenvalue weighted by molar-refractivity contribution is -0.385. The van der Waals surface area contributed by atoms with Crippen molar-refractivity contribution in [1.82, 2.24) is 5.32 Å². The number of benzene rings is 4. The second-order valence-corrected chi connectivity index (χ2v) is 9.03. The van der Waals surface area contributed by atoms with Crippen LogP contribution in [0.15, 0.2) is 91.0 Å². The van der Waals surface area contributed by atoms with Gasteiger partial charge >= 0.3 is 12.1 Å². The molecule has 1 aliphatic rings. The number of ether oxygens (including phenoxy) is 2. The number of carbonyl (C=O) groups excluding carboxylic acids is 1. The monoisotopic (exact) mass is 571 g/mol. The number of nitro benzene ring substituents is 2. The number of nitro groups is 2. The van der Waals surface area contributed by atoms with Crippen LogP contribution >= 0.6 is 0 Å². The van der Waals surface area contributed by atoms with E-state index in [1.54, 1.807) is 0 Å². The molecule has 1 aliphatic carbocycles. The number of nitrogens with zero attached hydrogens (tertiary/aromatic N) is 2. The van der Waals surface area contributed by atoms with Gasteiger partial charge in [-0.1, -0.05) is 42.5 Å². The molecule has 0 unspecified atom stereocenters. The largest absolute Gasteiger partial charge is 0.481 e. The van der Waals surface area contributed by atoms with Crippen molar-refractivity contribution in [2.24, 2.45) is 0 Å². The fourth-order valence-corrected chi connectivity index (χ4v) is 4.23. The van der Waals surface area contributed by atoms with Gasteiger partial charge in [0.2, 0.25) is 0 Å². The summed E-state index contributed by atoms with van der Waals surface area (Å²) in [6.45, 7) is 0.239. The number of alkyl carbamates (subject to hydrolysis) is 1. The van der Waals surface area contributed by atoms with Gasteiger partial charge in [0.1, 0.15) is 18.1 Å². The van der Waals surface area contributed by atoms with E-state index in [0.717, 1.165) is 12.0 Å². The summed E-state index contributed by atoms with van der Waals surface area (Å²) >= 11 is 0. The number of non-ortho nitro benzene ring substituents is 2. The zero-order valence-electron chi connectivity index (χ0n) is 22.1. The lowest BCUT2D eigenvalue weighted by Gasteiger charge is -2.10. The summed E-state index contributed by atoms with van der Waals surface area (Å²) in [5, 5.41) is 31.9. The Morgan fingerprint density at radius 2 is 1.36 bits per heavy atom. The first-order valence-corrected chi connectivity index (χ1v) is 12.7. The summed E-state index contributed by atoms with van der Waals surface area (Å²) in [5.41, 5.74) is 5.80. The number of rotatable bonds is 9. The van der Waals surface area contributed by atoms with Crippen LogP contribution in [0.3, 0.4) is 0 Å². The molecule has 1 amide bonds. The molecule has 2 N–H and O–H groups in total. The Labute approximate surface area is 239 Å². The summed E-state index contributed by atoms with van der Waals surface area (Å²) < 4.78 is 10.6. The van der Waals surface area contributed by atoms with Crippen LogP contribution in [0, 0.1) is 20.2 Å². The number of hydrogen-bond donors (Lipinski definition) is 2. The highest BCUT2D eigenvalue weighted by atomic mass is 16.6. The van der Waals surface area contributed by atoms with Gasteiger partial charge < -0.3 is 19.9 Å². The number of aliphatic carboxylic acids is 1. The Morgan fingerprint density at radius 3 is 1.93 bits per heavy atom. The molecule has 214 valence electrons. The lowest BCUT2D eigenvalue weighted by atomic mass is 10.0. The van der Waals surface area contributed by atoms with Crippen molar-refractivity contribution in [1.29, 1.82) is 0 Å². The van der Waals surface area contributed by atoms with E-state index in [9.17, 15) is 29.8 Å². The van der Waals surface area contributed by atoms with Crippen LogP contribution in [0.1, 0.15) is 23.1 Å². The molecule has 4 aromatic rings. The van der Waals surface area contributed by atoms with Gasteiger partial charge in [-0.15, -0.1) is 0 Å². The Kier molecular flexibility index (Phi) is 9.41. The molecule has 0 radical (unpaired) electrons. The quantitative estimate of drug-likeness (QED) is 0.153. The second-order valence-electron chi connectivity index (χ2n) is 9.03. The van der Waals surface area contributed by atoms with Gasteiger partial charge in [0.15, 0.2) is 0 Å². The third kappa shape index (κ3) is 7.66. The minimum Gasteiger partial charge on any atom is -0.481 e. The molecule has 12 heteroatoms. The molecule has 42 heavy (non-hydrogen) atoms. The number of carboxylic acid groups (broad SMARTS) is 1. The Morgan fingerprint density at radius 1 is 0.786 bits per heavy atom. The van der Waals surface area contributed by atoms with Crippen LogP contribution in [0.2, 0.25) is 0 Å². The fourth-order valence-electron chi connectivity index (χ4n) is 4.23. The first-order valence-electron chi connectivity index (χ1n) is 12.7. The molecule has 0 atom stereocenters. The van der Waals surface area contributed by atoms with Gasteiger partial charge in [-0.3, -0.25) is 25.0 Å². The maximum atomic E-state index is 11.6. The molecular formula is C30H25N3O9. The zero-order valence-corrected chi connectivity index (χ0v) is 22.1. The average molecular weight is 572 g/mol. The van der Waals surface area contributed by atoms with Crippen LogP contribution in [-0.2, 0) is 22.6 Å². The normalized spacial score (nSPS) is 10.8. The summed E-state index contributed by atoms with van der Waals surface area (Å²) in [4.78, 5) is 41.9. The standard InChI is InChI=1S/C18H17NO4.C12H8N2O5/c20-17(21)8-9-19-18(22)23-11-13-5-3-7-15-14-6-2-1-4-12(14)10-16(13)15;15-13(16)9-1-5-11(6-2-9)19-12-7-3-10(4-8-12)14(17)18/h1-7H,8-11H2,(H,19,22)(H,20,21);1-8H. The molecule has 4 aromatic carbocycles. The van der Waals surface area contributed by atoms with Gasteiger partial charge in [-0.2, -0.15) is 0 Å². The average Bonchev–Trinajstić information content (AvgIpc) is 3.36. The summed E-state index contributed by atoms with van der Waals surface area (Å²) in [6, 6.07) is 25.4. The highest BCUT2D eigenvalue weighted by Gasteiger charge is 2.20. The van der Waals surface area contributed by atoms with E-state index in [4.69, 9.17) is 14.6 Å². The van der Waals surface area contributed by atoms with E-state index in [0.29, 0.717) is 11.5 Å². The van der Waals surface area contributed by atoms with Crippen LogP contribution in [0.5, 0.6) is 11.5 Å². The minimum absolute atomic E-state index is 0.0314. The van der Waals surface area contributed by atoms with Crippen LogP contribution in [0.25, 0.3) is 11.1 Å². The molecular weight excluding hydrogens is 546 g/mol. The molecule has 5 rings (SSSR count). The molecule has 12 nitrogen and oxygen atoms in total. The first kappa shape index (κ1) is 29.2. The van der Waals surface area contributed by atoms with Crippen LogP contribution in [0.4, 0.5) is 16.2 Å². The van der Waals surface area contributed by atoms with Crippen LogP contribution in [-0.4, -0.2) is 33.6 Å². The minimum atomic E-state index is -0.955. The van der Waals surface area contributed by atoms with Crippen molar-refractivity contribution < 1.29 is 34.0 Å². The number of hydrogen-bond acceptors (Lipinski definition) is 8. The first-order chi connectivity index (χ1) is 20.2. The Balaban J connectivity index is 0.000000197. The van der Waals surface area contributed by atoms with Crippen molar-refractivity contribution in [3.63, 3.8) is 0 Å². The Bertz CT molecular complexity index is 1550. The maximum absolute atomic E-state index is 11.6. The van der Waals surface area contributed by atoms with E-state index in [1.165, 1.54) is 70.8 Å². The van der Waals surface area contributed by atoms with Crippen molar-refractivity contribution >= 4 is 23.4 Å². The molecule has 0 saturated carbocycles. The van der Waals surface area contributed by atoms with Gasteiger partial charge in [-0.05, 0) is 58.5 Å². The van der Waals surface area contributed by atoms with Gasteiger partial charge in [0.25, 0.3) is 11.4 Å². The lowest BCUT2D eigenvalue weighted by Crippen LogP contribution is -2.26. The predicted octanol–water partition coefficient (Wildman–Crippen LogP) is 6.25. The van der Waals surface area contributed by atoms with Gasteiger partial charge in [0, 0.05) is 30.8 Å². The van der Waals surface area contributed by atoms with Crippen LogP contribution < -0.4 is 10.1 Å². The van der Waals surface area contributed by atoms with Gasteiger partial charge in [-0.25, -0.2) is 4.79 Å². The summed E-state index contributed by atoms with van der Waals surface area (Å²) in [6.07, 6.45) is 0.121. The molecule has 0 fully saturated rings. The van der Waals surface area contributed by atoms with Crippen molar-refractivity contribution in [3.8, 4) is 22.6 Å². The van der Waals surface area contributed by atoms with E-state index >= 15 is 0 Å². The number of carbonyl (C=O) groups is 2.